The fraction of sp³-hybridized carbons (Fsp3) is 0.100. The molecule has 3 N–H and O–H groups in total. The zero-order valence-corrected chi connectivity index (χ0v) is 8.67. The Morgan fingerprint density at radius 2 is 2.35 bits per heavy atom. The highest BCUT2D eigenvalue weighted by molar-refractivity contribution is 5.87. The summed E-state index contributed by atoms with van der Waals surface area (Å²) in [4.78, 5) is 14.5. The number of carboxylic acid groups (broad SMARTS) is 1. The summed E-state index contributed by atoms with van der Waals surface area (Å²) in [5, 5.41) is 12.7. The van der Waals surface area contributed by atoms with Crippen molar-refractivity contribution in [1.82, 2.24) is 14.8 Å². The van der Waals surface area contributed by atoms with Gasteiger partial charge in [0, 0.05) is 6.20 Å². The quantitative estimate of drug-likeness (QED) is 0.819. The lowest BCUT2D eigenvalue weighted by molar-refractivity contribution is 0.0691. The Balaban J connectivity index is 2.28. The number of carbonyl (C=O) groups is 1. The summed E-state index contributed by atoms with van der Waals surface area (Å²) in [7, 11) is 0. The van der Waals surface area contributed by atoms with E-state index in [1.807, 2.05) is 0 Å². The summed E-state index contributed by atoms with van der Waals surface area (Å²) in [5.41, 5.74) is 5.42. The Hall–Kier alpha value is -2.44. The molecular formula is C10H9FN4O2. The van der Waals surface area contributed by atoms with E-state index in [0.29, 0.717) is 11.5 Å². The number of anilines is 1. The minimum Gasteiger partial charge on any atom is -0.478 e. The number of nitrogen functional groups attached to an aromatic ring is 1. The van der Waals surface area contributed by atoms with E-state index in [9.17, 15) is 9.18 Å². The molecule has 0 unspecified atom stereocenters. The molecule has 88 valence electrons. The van der Waals surface area contributed by atoms with Crippen LogP contribution in [-0.4, -0.2) is 25.8 Å². The van der Waals surface area contributed by atoms with Gasteiger partial charge in [-0.15, -0.1) is 0 Å². The van der Waals surface area contributed by atoms with Crippen molar-refractivity contribution < 1.29 is 14.3 Å². The number of pyridine rings is 1. The minimum atomic E-state index is -1.33. The molecule has 6 nitrogen and oxygen atoms in total. The molecule has 7 heteroatoms. The molecule has 2 rings (SSSR count). The molecule has 2 aromatic rings. The smallest absolute Gasteiger partial charge is 0.338 e. The van der Waals surface area contributed by atoms with Crippen molar-refractivity contribution >= 4 is 11.8 Å². The molecule has 0 aliphatic carbocycles. The first-order valence-corrected chi connectivity index (χ1v) is 4.73. The van der Waals surface area contributed by atoms with Crippen molar-refractivity contribution in [3.63, 3.8) is 0 Å². The number of aromatic carboxylic acids is 1. The molecule has 0 saturated heterocycles. The third kappa shape index (κ3) is 2.39. The Bertz CT molecular complexity index is 567. The second-order valence-electron chi connectivity index (χ2n) is 3.40. The van der Waals surface area contributed by atoms with Crippen molar-refractivity contribution in [3.05, 3.63) is 41.6 Å². The number of nitrogens with two attached hydrogens (primary N) is 1. The number of rotatable bonds is 3. The van der Waals surface area contributed by atoms with Crippen molar-refractivity contribution in [2.75, 3.05) is 5.73 Å². The van der Waals surface area contributed by atoms with Gasteiger partial charge in [0.05, 0.1) is 24.0 Å². The van der Waals surface area contributed by atoms with Crippen LogP contribution in [0.2, 0.25) is 0 Å². The van der Waals surface area contributed by atoms with E-state index < -0.39 is 17.3 Å². The monoisotopic (exact) mass is 236 g/mol. The predicted molar refractivity (Wildman–Crippen MR) is 56.9 cm³/mol. The van der Waals surface area contributed by atoms with Crippen LogP contribution >= 0.6 is 0 Å². The minimum absolute atomic E-state index is 0.234. The summed E-state index contributed by atoms with van der Waals surface area (Å²) in [5.74, 6) is -1.84. The van der Waals surface area contributed by atoms with Crippen molar-refractivity contribution in [3.8, 4) is 0 Å². The first-order valence-electron chi connectivity index (χ1n) is 4.73. The zero-order chi connectivity index (χ0) is 12.4. The van der Waals surface area contributed by atoms with Crippen LogP contribution in [0, 0.1) is 5.82 Å². The third-order valence-electron chi connectivity index (χ3n) is 2.13. The average molecular weight is 236 g/mol. The zero-order valence-electron chi connectivity index (χ0n) is 8.67. The first-order chi connectivity index (χ1) is 8.06. The normalized spacial score (nSPS) is 10.4. The second-order valence-corrected chi connectivity index (χ2v) is 3.40. The maximum absolute atomic E-state index is 13.1. The van der Waals surface area contributed by atoms with Crippen LogP contribution in [0.15, 0.2) is 24.5 Å². The SMILES string of the molecule is Nc1ccn(Cc2cc(C(=O)O)c(F)cn2)n1. The molecule has 2 aromatic heterocycles. The van der Waals surface area contributed by atoms with Gasteiger partial charge in [-0.25, -0.2) is 9.18 Å². The highest BCUT2D eigenvalue weighted by Crippen LogP contribution is 2.09. The van der Waals surface area contributed by atoms with Crippen LogP contribution in [-0.2, 0) is 6.54 Å². The first kappa shape index (κ1) is 11.1. The highest BCUT2D eigenvalue weighted by atomic mass is 19.1. The highest BCUT2D eigenvalue weighted by Gasteiger charge is 2.12. The Morgan fingerprint density at radius 1 is 1.59 bits per heavy atom. The van der Waals surface area contributed by atoms with Crippen molar-refractivity contribution in [2.24, 2.45) is 0 Å². The van der Waals surface area contributed by atoms with E-state index in [0.717, 1.165) is 6.20 Å². The summed E-state index contributed by atoms with van der Waals surface area (Å²) in [6.07, 6.45) is 2.51. The lowest BCUT2D eigenvalue weighted by Gasteiger charge is -2.03. The van der Waals surface area contributed by atoms with Crippen molar-refractivity contribution in [1.29, 1.82) is 0 Å². The molecule has 17 heavy (non-hydrogen) atoms. The number of halogens is 1. The molecule has 0 aromatic carbocycles. The predicted octanol–water partition coefficient (Wildman–Crippen LogP) is 0.746. The molecule has 2 heterocycles. The Labute approximate surface area is 95.5 Å². The van der Waals surface area contributed by atoms with E-state index in [-0.39, 0.29) is 6.54 Å². The molecule has 0 spiro atoms. The van der Waals surface area contributed by atoms with Crippen LogP contribution in [0.1, 0.15) is 16.1 Å². The van der Waals surface area contributed by atoms with Gasteiger partial charge in [-0.3, -0.25) is 9.67 Å². The topological polar surface area (TPSA) is 94.0 Å². The van der Waals surface area contributed by atoms with Crippen LogP contribution in [0.4, 0.5) is 10.2 Å². The fourth-order valence-corrected chi connectivity index (χ4v) is 1.36. The van der Waals surface area contributed by atoms with E-state index in [2.05, 4.69) is 10.1 Å². The van der Waals surface area contributed by atoms with Crippen LogP contribution < -0.4 is 5.73 Å². The van der Waals surface area contributed by atoms with Gasteiger partial charge in [0.25, 0.3) is 0 Å². The van der Waals surface area contributed by atoms with Crippen LogP contribution in [0.25, 0.3) is 0 Å². The molecular weight excluding hydrogens is 227 g/mol. The van der Waals surface area contributed by atoms with Crippen molar-refractivity contribution in [2.45, 2.75) is 6.54 Å². The molecule has 0 amide bonds. The van der Waals surface area contributed by atoms with Gasteiger partial charge in [-0.05, 0) is 12.1 Å². The van der Waals surface area contributed by atoms with E-state index in [1.165, 1.54) is 10.7 Å². The van der Waals surface area contributed by atoms with Crippen LogP contribution in [0.5, 0.6) is 0 Å². The number of nitrogens with zero attached hydrogens (tertiary/aromatic N) is 3. The average Bonchev–Trinajstić information content (AvgIpc) is 2.66. The maximum Gasteiger partial charge on any atom is 0.338 e. The molecule has 0 aliphatic heterocycles. The van der Waals surface area contributed by atoms with E-state index in [4.69, 9.17) is 10.8 Å². The van der Waals surface area contributed by atoms with Gasteiger partial charge < -0.3 is 10.8 Å². The van der Waals surface area contributed by atoms with Gasteiger partial charge >= 0.3 is 5.97 Å². The van der Waals surface area contributed by atoms with Gasteiger partial charge in [0.15, 0.2) is 5.82 Å². The van der Waals surface area contributed by atoms with E-state index >= 15 is 0 Å². The lowest BCUT2D eigenvalue weighted by Crippen LogP contribution is -2.07. The lowest BCUT2D eigenvalue weighted by atomic mass is 10.2. The number of carboxylic acids is 1. The largest absolute Gasteiger partial charge is 0.478 e. The summed E-state index contributed by atoms with van der Waals surface area (Å²) < 4.78 is 14.6. The summed E-state index contributed by atoms with van der Waals surface area (Å²) in [6, 6.07) is 2.77. The van der Waals surface area contributed by atoms with E-state index in [1.54, 1.807) is 12.3 Å². The fourth-order valence-electron chi connectivity index (χ4n) is 1.36. The second kappa shape index (κ2) is 4.20. The number of hydrogen-bond acceptors (Lipinski definition) is 4. The molecule has 0 radical (unpaired) electrons. The number of aromatic nitrogens is 3. The number of hydrogen-bond donors (Lipinski definition) is 2. The Kier molecular flexibility index (Phi) is 2.73. The molecule has 0 saturated carbocycles. The molecule has 0 atom stereocenters. The summed E-state index contributed by atoms with van der Waals surface area (Å²) in [6.45, 7) is 0.234. The van der Waals surface area contributed by atoms with Crippen LogP contribution in [0.3, 0.4) is 0 Å². The standard InChI is InChI=1S/C10H9FN4O2/c11-8-4-13-6(3-7(8)10(16)17)5-15-2-1-9(12)14-15/h1-4H,5H2,(H2,12,14)(H,16,17). The summed E-state index contributed by atoms with van der Waals surface area (Å²) >= 11 is 0. The Morgan fingerprint density at radius 3 is 2.94 bits per heavy atom. The third-order valence-corrected chi connectivity index (χ3v) is 2.13. The molecule has 0 bridgehead atoms. The molecule has 0 aliphatic rings. The van der Waals surface area contributed by atoms with Gasteiger partial charge in [-0.2, -0.15) is 5.10 Å². The molecule has 0 fully saturated rings. The maximum atomic E-state index is 13.1. The van der Waals surface area contributed by atoms with Gasteiger partial charge in [0.1, 0.15) is 5.82 Å². The van der Waals surface area contributed by atoms with Gasteiger partial charge in [-0.1, -0.05) is 0 Å². The van der Waals surface area contributed by atoms with Gasteiger partial charge in [0.2, 0.25) is 0 Å².